The number of amides is 1. The van der Waals surface area contributed by atoms with E-state index in [1.807, 2.05) is 37.3 Å². The summed E-state index contributed by atoms with van der Waals surface area (Å²) in [5.41, 5.74) is 6.86. The van der Waals surface area contributed by atoms with Crippen LogP contribution in [0.4, 0.5) is 0 Å². The highest BCUT2D eigenvalue weighted by molar-refractivity contribution is 6.45. The zero-order valence-corrected chi connectivity index (χ0v) is 8.71. The second-order valence-electron chi connectivity index (χ2n) is 2.88. The lowest BCUT2D eigenvalue weighted by atomic mass is 10.0. The zero-order chi connectivity index (χ0) is 10.6. The average molecular weight is 210 g/mol. The van der Waals surface area contributed by atoms with Crippen molar-refractivity contribution in [1.82, 2.24) is 0 Å². The number of rotatable bonds is 3. The molecule has 0 spiro atoms. The third-order valence-electron chi connectivity index (χ3n) is 1.96. The van der Waals surface area contributed by atoms with Crippen molar-refractivity contribution < 1.29 is 4.79 Å². The summed E-state index contributed by atoms with van der Waals surface area (Å²) in [7, 11) is 0. The number of halogens is 1. The zero-order valence-electron chi connectivity index (χ0n) is 7.96. The first-order chi connectivity index (χ1) is 6.66. The van der Waals surface area contributed by atoms with Crippen LogP contribution in [0.2, 0.25) is 0 Å². The predicted molar refractivity (Wildman–Crippen MR) is 58.7 cm³/mol. The second kappa shape index (κ2) is 4.82. The molecule has 0 aliphatic heterocycles. The van der Waals surface area contributed by atoms with Crippen LogP contribution in [0, 0.1) is 0 Å². The molecule has 1 rings (SSSR count). The van der Waals surface area contributed by atoms with Gasteiger partial charge in [-0.15, -0.1) is 0 Å². The fraction of sp³-hybridized carbons (Fsp3) is 0.182. The fourth-order valence-electron chi connectivity index (χ4n) is 1.27. The summed E-state index contributed by atoms with van der Waals surface area (Å²) in [6.07, 6.45) is 0.686. The third kappa shape index (κ3) is 2.36. The van der Waals surface area contributed by atoms with Gasteiger partial charge in [-0.05, 0) is 17.6 Å². The summed E-state index contributed by atoms with van der Waals surface area (Å²) in [5.74, 6) is -0.577. The number of carbonyl (C=O) groups is 1. The molecule has 0 heterocycles. The van der Waals surface area contributed by atoms with Crippen LogP contribution in [-0.2, 0) is 4.79 Å². The minimum Gasteiger partial charge on any atom is -0.365 e. The van der Waals surface area contributed by atoms with Crippen LogP contribution >= 0.6 is 11.6 Å². The van der Waals surface area contributed by atoms with Gasteiger partial charge in [-0.1, -0.05) is 48.9 Å². The molecule has 0 atom stereocenters. The van der Waals surface area contributed by atoms with Gasteiger partial charge in [0.25, 0.3) is 5.91 Å². The minimum absolute atomic E-state index is 0.124. The van der Waals surface area contributed by atoms with Gasteiger partial charge in [-0.25, -0.2) is 0 Å². The van der Waals surface area contributed by atoms with Crippen LogP contribution in [0.1, 0.15) is 18.9 Å². The number of allylic oxidation sites excluding steroid dienone is 1. The Morgan fingerprint density at radius 2 is 1.93 bits per heavy atom. The minimum atomic E-state index is -0.577. The summed E-state index contributed by atoms with van der Waals surface area (Å²) in [4.78, 5) is 10.9. The van der Waals surface area contributed by atoms with Gasteiger partial charge in [0, 0.05) is 0 Å². The lowest BCUT2D eigenvalue weighted by Gasteiger charge is -2.06. The lowest BCUT2D eigenvalue weighted by Crippen LogP contribution is -2.11. The predicted octanol–water partition coefficient (Wildman–Crippen LogP) is 2.53. The topological polar surface area (TPSA) is 43.1 Å². The molecule has 14 heavy (non-hydrogen) atoms. The van der Waals surface area contributed by atoms with Gasteiger partial charge >= 0.3 is 0 Å². The molecule has 74 valence electrons. The molecule has 2 N–H and O–H groups in total. The van der Waals surface area contributed by atoms with Gasteiger partial charge in [0.1, 0.15) is 5.03 Å². The second-order valence-corrected chi connectivity index (χ2v) is 3.25. The highest BCUT2D eigenvalue weighted by atomic mass is 35.5. The van der Waals surface area contributed by atoms with Crippen LogP contribution in [-0.4, -0.2) is 5.91 Å². The Kier molecular flexibility index (Phi) is 3.72. The summed E-state index contributed by atoms with van der Waals surface area (Å²) < 4.78 is 0. The van der Waals surface area contributed by atoms with Crippen LogP contribution in [0.15, 0.2) is 35.4 Å². The van der Waals surface area contributed by atoms with Crippen molar-refractivity contribution in [3.05, 3.63) is 40.9 Å². The molecule has 0 unspecified atom stereocenters. The largest absolute Gasteiger partial charge is 0.365 e. The Morgan fingerprint density at radius 1 is 1.36 bits per heavy atom. The van der Waals surface area contributed by atoms with E-state index in [1.165, 1.54) is 0 Å². The van der Waals surface area contributed by atoms with E-state index in [0.717, 1.165) is 11.1 Å². The standard InChI is InChI=1S/C11H12ClNO/c1-2-9(10(12)11(13)14)8-6-4-3-5-7-8/h3-7H,2H2,1H3,(H2,13,14)/b10-9-. The van der Waals surface area contributed by atoms with Crippen molar-refractivity contribution in [2.75, 3.05) is 0 Å². The van der Waals surface area contributed by atoms with E-state index < -0.39 is 5.91 Å². The van der Waals surface area contributed by atoms with E-state index in [0.29, 0.717) is 6.42 Å². The summed E-state index contributed by atoms with van der Waals surface area (Å²) in [6, 6.07) is 9.52. The fourth-order valence-corrected chi connectivity index (χ4v) is 1.52. The summed E-state index contributed by atoms with van der Waals surface area (Å²) in [6.45, 7) is 1.94. The molecule has 1 aromatic carbocycles. The van der Waals surface area contributed by atoms with E-state index in [1.54, 1.807) is 0 Å². The molecule has 1 amide bonds. The van der Waals surface area contributed by atoms with E-state index in [4.69, 9.17) is 17.3 Å². The molecule has 1 aromatic rings. The Balaban J connectivity index is 3.17. The Hall–Kier alpha value is -1.28. The van der Waals surface area contributed by atoms with Crippen molar-refractivity contribution in [3.63, 3.8) is 0 Å². The molecular formula is C11H12ClNO. The van der Waals surface area contributed by atoms with E-state index >= 15 is 0 Å². The quantitative estimate of drug-likeness (QED) is 0.764. The molecule has 0 saturated heterocycles. The first kappa shape index (κ1) is 10.8. The van der Waals surface area contributed by atoms with E-state index in [-0.39, 0.29) is 5.03 Å². The number of benzene rings is 1. The first-order valence-electron chi connectivity index (χ1n) is 4.40. The molecule has 0 radical (unpaired) electrons. The monoisotopic (exact) mass is 209 g/mol. The van der Waals surface area contributed by atoms with Crippen LogP contribution in [0.5, 0.6) is 0 Å². The van der Waals surface area contributed by atoms with Gasteiger partial charge in [0.2, 0.25) is 0 Å². The highest BCUT2D eigenvalue weighted by Gasteiger charge is 2.09. The number of carbonyl (C=O) groups excluding carboxylic acids is 1. The average Bonchev–Trinajstić information content (AvgIpc) is 2.20. The Labute approximate surface area is 88.4 Å². The molecule has 3 heteroatoms. The number of hydrogen-bond donors (Lipinski definition) is 1. The van der Waals surface area contributed by atoms with Crippen LogP contribution in [0.25, 0.3) is 5.57 Å². The normalized spacial score (nSPS) is 12.1. The number of primary amides is 1. The SMILES string of the molecule is CC/C(=C(/Cl)C(N)=O)c1ccccc1. The Bertz CT molecular complexity index is 357. The maximum absolute atomic E-state index is 10.9. The van der Waals surface area contributed by atoms with Crippen molar-refractivity contribution >= 4 is 23.1 Å². The summed E-state index contributed by atoms with van der Waals surface area (Å²) >= 11 is 5.82. The molecule has 0 aliphatic carbocycles. The van der Waals surface area contributed by atoms with Crippen LogP contribution < -0.4 is 5.73 Å². The van der Waals surface area contributed by atoms with E-state index in [9.17, 15) is 4.79 Å². The number of hydrogen-bond acceptors (Lipinski definition) is 1. The maximum atomic E-state index is 10.9. The van der Waals surface area contributed by atoms with Gasteiger partial charge in [-0.2, -0.15) is 0 Å². The van der Waals surface area contributed by atoms with Gasteiger partial charge in [0.15, 0.2) is 0 Å². The number of nitrogens with two attached hydrogens (primary N) is 1. The Morgan fingerprint density at radius 3 is 2.36 bits per heavy atom. The molecule has 0 aromatic heterocycles. The highest BCUT2D eigenvalue weighted by Crippen LogP contribution is 2.23. The van der Waals surface area contributed by atoms with Crippen molar-refractivity contribution in [2.24, 2.45) is 5.73 Å². The molecule has 0 saturated carbocycles. The van der Waals surface area contributed by atoms with Gasteiger partial charge in [-0.3, -0.25) is 4.79 Å². The third-order valence-corrected chi connectivity index (χ3v) is 2.37. The van der Waals surface area contributed by atoms with E-state index in [2.05, 4.69) is 0 Å². The van der Waals surface area contributed by atoms with Crippen LogP contribution in [0.3, 0.4) is 0 Å². The molecule has 0 aliphatic rings. The van der Waals surface area contributed by atoms with Gasteiger partial charge < -0.3 is 5.73 Å². The molecule has 2 nitrogen and oxygen atoms in total. The van der Waals surface area contributed by atoms with Crippen molar-refractivity contribution in [3.8, 4) is 0 Å². The first-order valence-corrected chi connectivity index (χ1v) is 4.78. The van der Waals surface area contributed by atoms with Crippen molar-refractivity contribution in [2.45, 2.75) is 13.3 Å². The molecule has 0 bridgehead atoms. The lowest BCUT2D eigenvalue weighted by molar-refractivity contribution is -0.113. The van der Waals surface area contributed by atoms with Crippen molar-refractivity contribution in [1.29, 1.82) is 0 Å². The molecular weight excluding hydrogens is 198 g/mol. The maximum Gasteiger partial charge on any atom is 0.260 e. The smallest absolute Gasteiger partial charge is 0.260 e. The molecule has 0 fully saturated rings. The van der Waals surface area contributed by atoms with Gasteiger partial charge in [0.05, 0.1) is 0 Å². The summed E-state index contributed by atoms with van der Waals surface area (Å²) in [5, 5.41) is 0.124.